The van der Waals surface area contributed by atoms with Gasteiger partial charge in [-0.2, -0.15) is 18.2 Å². The number of halogens is 3. The van der Waals surface area contributed by atoms with Gasteiger partial charge < -0.3 is 19.9 Å². The maximum absolute atomic E-state index is 12.6. The molecular formula is C18H20F3N5O2. The van der Waals surface area contributed by atoms with Gasteiger partial charge in [0, 0.05) is 32.7 Å². The highest BCUT2D eigenvalue weighted by molar-refractivity contribution is 5.89. The van der Waals surface area contributed by atoms with Crippen LogP contribution in [0, 0.1) is 0 Å². The third-order valence-electron chi connectivity index (χ3n) is 4.24. The number of amides is 2. The lowest BCUT2D eigenvalue weighted by Gasteiger charge is -2.18. The van der Waals surface area contributed by atoms with Gasteiger partial charge in [-0.1, -0.05) is 0 Å². The molecule has 10 heteroatoms. The number of alkyl halides is 3. The van der Waals surface area contributed by atoms with Crippen molar-refractivity contribution < 1.29 is 22.7 Å². The Morgan fingerprint density at radius 2 is 1.96 bits per heavy atom. The van der Waals surface area contributed by atoms with Crippen LogP contribution in [0.15, 0.2) is 36.7 Å². The predicted octanol–water partition coefficient (Wildman–Crippen LogP) is 3.25. The topological polar surface area (TPSA) is 70.6 Å². The molecular weight excluding hydrogens is 375 g/mol. The Morgan fingerprint density at radius 1 is 1.25 bits per heavy atom. The highest BCUT2D eigenvalue weighted by atomic mass is 19.4. The molecule has 0 bridgehead atoms. The highest BCUT2D eigenvalue weighted by Crippen LogP contribution is 2.30. The molecule has 7 nitrogen and oxygen atoms in total. The minimum absolute atomic E-state index is 0.231. The zero-order chi connectivity index (χ0) is 20.3. The molecule has 1 atom stereocenters. The Morgan fingerprint density at radius 3 is 2.61 bits per heavy atom. The van der Waals surface area contributed by atoms with Crippen LogP contribution in [0.4, 0.5) is 29.5 Å². The number of carbonyl (C=O) groups is 1. The van der Waals surface area contributed by atoms with Crippen molar-refractivity contribution in [3.05, 3.63) is 42.2 Å². The third kappa shape index (κ3) is 4.81. The van der Waals surface area contributed by atoms with E-state index in [1.54, 1.807) is 16.0 Å². The first-order valence-electron chi connectivity index (χ1n) is 8.61. The quantitative estimate of drug-likeness (QED) is 0.861. The van der Waals surface area contributed by atoms with Crippen LogP contribution >= 0.6 is 0 Å². The van der Waals surface area contributed by atoms with Crippen molar-refractivity contribution in [2.24, 2.45) is 0 Å². The minimum Gasteiger partial charge on any atom is -0.471 e. The summed E-state index contributed by atoms with van der Waals surface area (Å²) in [6.07, 6.45) is -0.892. The zero-order valence-electron chi connectivity index (χ0n) is 15.4. The number of carbonyl (C=O) groups excluding carboxylic acids is 1. The summed E-state index contributed by atoms with van der Waals surface area (Å²) >= 11 is 0. The zero-order valence-corrected chi connectivity index (χ0v) is 15.4. The first-order chi connectivity index (χ1) is 13.2. The second-order valence-corrected chi connectivity index (χ2v) is 6.59. The summed E-state index contributed by atoms with van der Waals surface area (Å²) in [6.45, 7) is 0.818. The first-order valence-corrected chi connectivity index (χ1v) is 8.61. The summed E-state index contributed by atoms with van der Waals surface area (Å²) in [5.41, 5.74) is -0.465. The number of hydrogen-bond donors (Lipinski definition) is 1. The van der Waals surface area contributed by atoms with Crippen molar-refractivity contribution in [2.75, 3.05) is 37.4 Å². The van der Waals surface area contributed by atoms with Gasteiger partial charge in [-0.15, -0.1) is 0 Å². The van der Waals surface area contributed by atoms with E-state index >= 15 is 0 Å². The van der Waals surface area contributed by atoms with Gasteiger partial charge in [0.1, 0.15) is 6.10 Å². The van der Waals surface area contributed by atoms with Crippen molar-refractivity contribution in [2.45, 2.75) is 18.7 Å². The first kappa shape index (κ1) is 19.7. The third-order valence-corrected chi connectivity index (χ3v) is 4.24. The van der Waals surface area contributed by atoms with Crippen molar-refractivity contribution >= 4 is 17.5 Å². The molecule has 1 unspecified atom stereocenters. The van der Waals surface area contributed by atoms with Gasteiger partial charge in [-0.25, -0.2) is 4.79 Å². The fraction of sp³-hybridized carbons (Fsp3) is 0.389. The van der Waals surface area contributed by atoms with Crippen LogP contribution in [0.25, 0.3) is 0 Å². The number of anilines is 2. The molecule has 1 aromatic heterocycles. The van der Waals surface area contributed by atoms with Crippen LogP contribution in [0.1, 0.15) is 12.0 Å². The molecule has 1 aromatic carbocycles. The lowest BCUT2D eigenvalue weighted by atomic mass is 10.2. The average molecular weight is 395 g/mol. The fourth-order valence-corrected chi connectivity index (χ4v) is 2.74. The van der Waals surface area contributed by atoms with E-state index < -0.39 is 11.7 Å². The van der Waals surface area contributed by atoms with E-state index in [4.69, 9.17) is 4.74 Å². The summed E-state index contributed by atoms with van der Waals surface area (Å²) in [6, 6.07) is 3.93. The van der Waals surface area contributed by atoms with Crippen LogP contribution < -0.4 is 15.0 Å². The number of nitrogens with zero attached hydrogens (tertiary/aromatic N) is 4. The standard InChI is InChI=1S/C18H20F3N5O2/c1-25(2)15-9-22-10-16(24-15)28-14-7-8-26(11-14)17(27)23-13-5-3-12(4-6-13)18(19,20)21/h3-6,9-10,14H,7-8,11H2,1-2H3,(H,23,27). The number of urea groups is 1. The average Bonchev–Trinajstić information content (AvgIpc) is 3.10. The molecule has 1 aliphatic rings. The van der Waals surface area contributed by atoms with Crippen molar-refractivity contribution in [1.82, 2.24) is 14.9 Å². The molecule has 1 aliphatic heterocycles. The molecule has 2 heterocycles. The van der Waals surface area contributed by atoms with Crippen molar-refractivity contribution in [3.63, 3.8) is 0 Å². The Bertz CT molecular complexity index is 827. The van der Waals surface area contributed by atoms with Gasteiger partial charge in [0.25, 0.3) is 0 Å². The van der Waals surface area contributed by atoms with E-state index in [2.05, 4.69) is 15.3 Å². The van der Waals surface area contributed by atoms with E-state index in [1.807, 2.05) is 14.1 Å². The summed E-state index contributed by atoms with van der Waals surface area (Å²) < 4.78 is 43.6. The number of likely N-dealkylation sites (tertiary alicyclic amines) is 1. The summed E-state index contributed by atoms with van der Waals surface area (Å²) in [5, 5.41) is 2.60. The smallest absolute Gasteiger partial charge is 0.416 e. The summed E-state index contributed by atoms with van der Waals surface area (Å²) in [7, 11) is 3.69. The van der Waals surface area contributed by atoms with E-state index in [0.717, 1.165) is 12.1 Å². The Kier molecular flexibility index (Phi) is 5.57. The largest absolute Gasteiger partial charge is 0.471 e. The Labute approximate surface area is 160 Å². The van der Waals surface area contributed by atoms with Gasteiger partial charge in [0.2, 0.25) is 5.88 Å². The van der Waals surface area contributed by atoms with Gasteiger partial charge in [-0.3, -0.25) is 4.98 Å². The van der Waals surface area contributed by atoms with Crippen LogP contribution in [-0.2, 0) is 6.18 Å². The number of rotatable bonds is 4. The molecule has 1 saturated heterocycles. The summed E-state index contributed by atoms with van der Waals surface area (Å²) in [4.78, 5) is 24.1. The van der Waals surface area contributed by atoms with Crippen molar-refractivity contribution in [3.8, 4) is 5.88 Å². The van der Waals surface area contributed by atoms with Gasteiger partial charge in [0.15, 0.2) is 5.82 Å². The number of nitrogens with one attached hydrogen (secondary N) is 1. The molecule has 2 amide bonds. The molecule has 1 fully saturated rings. The number of benzene rings is 1. The van der Waals surface area contributed by atoms with E-state index in [-0.39, 0.29) is 12.1 Å². The normalized spacial score (nSPS) is 16.8. The van der Waals surface area contributed by atoms with Crippen LogP contribution in [-0.4, -0.2) is 54.2 Å². The summed E-state index contributed by atoms with van der Waals surface area (Å²) in [5.74, 6) is 1.04. The lowest BCUT2D eigenvalue weighted by molar-refractivity contribution is -0.137. The van der Waals surface area contributed by atoms with E-state index in [9.17, 15) is 18.0 Å². The molecule has 0 aliphatic carbocycles. The Hall–Kier alpha value is -3.04. The SMILES string of the molecule is CN(C)c1cncc(OC2CCN(C(=O)Nc3ccc(C(F)(F)F)cc3)C2)n1. The molecule has 28 heavy (non-hydrogen) atoms. The molecule has 0 saturated carbocycles. The van der Waals surface area contributed by atoms with E-state index in [0.29, 0.717) is 36.9 Å². The minimum atomic E-state index is -4.41. The lowest BCUT2D eigenvalue weighted by Crippen LogP contribution is -2.34. The molecule has 3 rings (SSSR count). The van der Waals surface area contributed by atoms with Crippen molar-refractivity contribution in [1.29, 1.82) is 0 Å². The molecule has 0 spiro atoms. The maximum Gasteiger partial charge on any atom is 0.416 e. The van der Waals surface area contributed by atoms with E-state index in [1.165, 1.54) is 18.3 Å². The monoisotopic (exact) mass is 395 g/mol. The predicted molar refractivity (Wildman–Crippen MR) is 97.4 cm³/mol. The van der Waals surface area contributed by atoms with Gasteiger partial charge >= 0.3 is 12.2 Å². The molecule has 0 radical (unpaired) electrons. The van der Waals surface area contributed by atoms with Crippen LogP contribution in [0.3, 0.4) is 0 Å². The van der Waals surface area contributed by atoms with Gasteiger partial charge in [-0.05, 0) is 24.3 Å². The molecule has 2 aromatic rings. The van der Waals surface area contributed by atoms with Crippen LogP contribution in [0.5, 0.6) is 5.88 Å². The highest BCUT2D eigenvalue weighted by Gasteiger charge is 2.31. The number of ether oxygens (including phenoxy) is 1. The Balaban J connectivity index is 1.55. The second-order valence-electron chi connectivity index (χ2n) is 6.59. The molecule has 1 N–H and O–H groups in total. The fourth-order valence-electron chi connectivity index (χ4n) is 2.74. The maximum atomic E-state index is 12.6. The van der Waals surface area contributed by atoms with Crippen LogP contribution in [0.2, 0.25) is 0 Å². The number of aromatic nitrogens is 2. The molecule has 150 valence electrons. The second kappa shape index (κ2) is 7.91. The van der Waals surface area contributed by atoms with Gasteiger partial charge in [0.05, 0.1) is 24.5 Å². The number of hydrogen-bond acceptors (Lipinski definition) is 5.